The maximum absolute atomic E-state index is 9.99. The summed E-state index contributed by atoms with van der Waals surface area (Å²) in [5, 5.41) is 0. The van der Waals surface area contributed by atoms with E-state index in [-0.39, 0.29) is 59.1 Å². The van der Waals surface area contributed by atoms with Gasteiger partial charge in [-0.15, -0.1) is 0 Å². The van der Waals surface area contributed by atoms with E-state index in [4.69, 9.17) is 9.11 Å². The fraction of sp³-hybridized carbons (Fsp3) is 1.00. The minimum absolute atomic E-state index is 0. The number of hydrogen-bond donors (Lipinski definition) is 2. The third-order valence-corrected chi connectivity index (χ3v) is 3.98. The van der Waals surface area contributed by atoms with Crippen LogP contribution < -0.4 is 0 Å². The SMILES string of the molecule is CC(S(=O)(=O)O)S(=O)(=O)O.[NaH].[NaH]. The average Bonchev–Trinajstić information content (AvgIpc) is 1.59. The maximum atomic E-state index is 9.99. The summed E-state index contributed by atoms with van der Waals surface area (Å²) in [5.74, 6) is 0. The van der Waals surface area contributed by atoms with Crippen molar-refractivity contribution in [3.63, 3.8) is 0 Å². The van der Waals surface area contributed by atoms with E-state index in [1.165, 1.54) is 0 Å². The fourth-order valence-electron chi connectivity index (χ4n) is 0.154. The Morgan fingerprint density at radius 2 is 1.08 bits per heavy atom. The summed E-state index contributed by atoms with van der Waals surface area (Å²) in [5.41, 5.74) is 0. The molecule has 0 aliphatic rings. The van der Waals surface area contributed by atoms with E-state index in [1.54, 1.807) is 0 Å². The molecular formula is C2H8Na2O6S2. The first-order valence-electron chi connectivity index (χ1n) is 2.08. The van der Waals surface area contributed by atoms with Gasteiger partial charge in [-0.1, -0.05) is 0 Å². The van der Waals surface area contributed by atoms with Crippen molar-refractivity contribution in [3.05, 3.63) is 0 Å². The second kappa shape index (κ2) is 6.33. The van der Waals surface area contributed by atoms with Crippen molar-refractivity contribution in [2.24, 2.45) is 0 Å². The summed E-state index contributed by atoms with van der Waals surface area (Å²) < 4.78 is 53.9. The molecule has 6 nitrogen and oxygen atoms in total. The van der Waals surface area contributed by atoms with Crippen molar-refractivity contribution in [2.45, 2.75) is 11.5 Å². The van der Waals surface area contributed by atoms with E-state index >= 15 is 0 Å². The van der Waals surface area contributed by atoms with Gasteiger partial charge in [0.15, 0.2) is 0 Å². The summed E-state index contributed by atoms with van der Waals surface area (Å²) in [7, 11) is -9.40. The molecule has 0 unspecified atom stereocenters. The van der Waals surface area contributed by atoms with Gasteiger partial charge < -0.3 is 0 Å². The molecule has 0 radical (unpaired) electrons. The van der Waals surface area contributed by atoms with E-state index < -0.39 is 24.8 Å². The van der Waals surface area contributed by atoms with Crippen LogP contribution in [0.1, 0.15) is 6.92 Å². The number of hydrogen-bond acceptors (Lipinski definition) is 4. The molecule has 0 heterocycles. The Labute approximate surface area is 115 Å². The molecule has 0 atom stereocenters. The summed E-state index contributed by atoms with van der Waals surface area (Å²) in [6.07, 6.45) is 0. The van der Waals surface area contributed by atoms with Gasteiger partial charge in [0, 0.05) is 0 Å². The Morgan fingerprint density at radius 3 is 1.08 bits per heavy atom. The van der Waals surface area contributed by atoms with Crippen molar-refractivity contribution in [3.8, 4) is 0 Å². The molecule has 66 valence electrons. The molecule has 0 fully saturated rings. The van der Waals surface area contributed by atoms with Gasteiger partial charge >= 0.3 is 59.1 Å². The second-order valence-corrected chi connectivity index (χ2v) is 5.37. The van der Waals surface area contributed by atoms with Crippen LogP contribution in [0, 0.1) is 0 Å². The summed E-state index contributed by atoms with van der Waals surface area (Å²) in [4.78, 5) is 0. The van der Waals surface area contributed by atoms with E-state index in [0.717, 1.165) is 0 Å². The van der Waals surface area contributed by atoms with E-state index in [1.807, 2.05) is 0 Å². The van der Waals surface area contributed by atoms with Gasteiger partial charge in [-0.25, -0.2) is 0 Å². The Morgan fingerprint density at radius 1 is 0.917 bits per heavy atom. The van der Waals surface area contributed by atoms with Crippen LogP contribution in [-0.4, -0.2) is 89.6 Å². The van der Waals surface area contributed by atoms with E-state index in [9.17, 15) is 16.8 Å². The molecule has 0 aliphatic heterocycles. The molecule has 0 amide bonds. The first-order chi connectivity index (χ1) is 4.15. The van der Waals surface area contributed by atoms with Crippen molar-refractivity contribution in [1.29, 1.82) is 0 Å². The van der Waals surface area contributed by atoms with Crippen LogP contribution in [-0.2, 0) is 20.2 Å². The Balaban J connectivity index is -0.000000405. The molecule has 0 aromatic heterocycles. The molecule has 0 bridgehead atoms. The standard InChI is InChI=1S/C2H6O6S2.2Na.2H/c1-2(9(3,4)5)10(6,7)8;;;;/h2H,1H3,(H,3,4,5)(H,6,7,8);;;;. The van der Waals surface area contributed by atoms with E-state index in [2.05, 4.69) is 0 Å². The third kappa shape index (κ3) is 7.25. The van der Waals surface area contributed by atoms with Crippen molar-refractivity contribution < 1.29 is 25.9 Å². The van der Waals surface area contributed by atoms with Gasteiger partial charge in [-0.05, 0) is 6.92 Å². The van der Waals surface area contributed by atoms with Crippen LogP contribution in [0.2, 0.25) is 0 Å². The van der Waals surface area contributed by atoms with Gasteiger partial charge in [0.25, 0.3) is 20.2 Å². The molecule has 2 N–H and O–H groups in total. The Bertz CT molecular complexity index is 270. The van der Waals surface area contributed by atoms with Crippen LogP contribution >= 0.6 is 0 Å². The second-order valence-electron chi connectivity index (χ2n) is 1.60. The first kappa shape index (κ1) is 19.4. The summed E-state index contributed by atoms with van der Waals surface area (Å²) in [6.45, 7) is 0.657. The molecule has 0 spiro atoms. The van der Waals surface area contributed by atoms with Crippen LogP contribution in [0.3, 0.4) is 0 Å². The molecule has 0 aromatic carbocycles. The quantitative estimate of drug-likeness (QED) is 0.418. The molecule has 10 heteroatoms. The average molecular weight is 238 g/mol. The number of rotatable bonds is 2. The summed E-state index contributed by atoms with van der Waals surface area (Å²) >= 11 is 0. The van der Waals surface area contributed by atoms with E-state index in [0.29, 0.717) is 6.92 Å². The van der Waals surface area contributed by atoms with Crippen LogP contribution in [0.4, 0.5) is 0 Å². The zero-order valence-corrected chi connectivity index (χ0v) is 6.55. The third-order valence-electron chi connectivity index (χ3n) is 0.839. The minimum atomic E-state index is -4.70. The fourth-order valence-corrected chi connectivity index (χ4v) is 1.38. The van der Waals surface area contributed by atoms with Gasteiger partial charge in [0.05, 0.1) is 0 Å². The predicted octanol–water partition coefficient (Wildman–Crippen LogP) is -2.19. The van der Waals surface area contributed by atoms with Crippen molar-refractivity contribution >= 4 is 79.4 Å². The molecule has 0 aliphatic carbocycles. The molecule has 12 heavy (non-hydrogen) atoms. The van der Waals surface area contributed by atoms with Crippen molar-refractivity contribution in [1.82, 2.24) is 0 Å². The van der Waals surface area contributed by atoms with Crippen LogP contribution in [0.25, 0.3) is 0 Å². The monoisotopic (exact) mass is 238 g/mol. The van der Waals surface area contributed by atoms with Crippen molar-refractivity contribution in [2.75, 3.05) is 0 Å². The Hall–Kier alpha value is 1.82. The normalized spacial score (nSPS) is 11.7. The topological polar surface area (TPSA) is 109 Å². The van der Waals surface area contributed by atoms with Gasteiger partial charge in [-0.2, -0.15) is 16.8 Å². The molecule has 0 rings (SSSR count). The van der Waals surface area contributed by atoms with Gasteiger partial charge in [-0.3, -0.25) is 9.11 Å². The van der Waals surface area contributed by atoms with Gasteiger partial charge in [0.2, 0.25) is 4.58 Å². The molecule has 0 saturated carbocycles. The summed E-state index contributed by atoms with van der Waals surface area (Å²) in [6, 6.07) is 0. The predicted molar refractivity (Wildman–Crippen MR) is 46.9 cm³/mol. The zero-order valence-electron chi connectivity index (χ0n) is 4.92. The van der Waals surface area contributed by atoms with Gasteiger partial charge in [0.1, 0.15) is 0 Å². The first-order valence-corrected chi connectivity index (χ1v) is 5.09. The Kier molecular flexibility index (Phi) is 10.2. The van der Waals surface area contributed by atoms with Crippen LogP contribution in [0.5, 0.6) is 0 Å². The molecule has 0 aromatic rings. The molecular weight excluding hydrogens is 230 g/mol. The zero-order chi connectivity index (χ0) is 8.58. The molecule has 0 saturated heterocycles. The van der Waals surface area contributed by atoms with Crippen LogP contribution in [0.15, 0.2) is 0 Å².